The maximum absolute atomic E-state index is 12.9. The summed E-state index contributed by atoms with van der Waals surface area (Å²) >= 11 is 0. The van der Waals surface area contributed by atoms with E-state index in [-0.39, 0.29) is 40.8 Å². The van der Waals surface area contributed by atoms with Gasteiger partial charge in [-0.05, 0) is 24.3 Å². The summed E-state index contributed by atoms with van der Waals surface area (Å²) in [5.74, 6) is -1.86. The minimum absolute atomic E-state index is 0. The summed E-state index contributed by atoms with van der Waals surface area (Å²) in [6.07, 6.45) is -11.4. The molecule has 0 aliphatic carbocycles. The average Bonchev–Trinajstić information content (AvgIpc) is 2.54. The van der Waals surface area contributed by atoms with Crippen LogP contribution in [0.25, 0.3) is 0 Å². The molecule has 0 heterocycles. The minimum atomic E-state index is -5.93. The van der Waals surface area contributed by atoms with Crippen molar-refractivity contribution in [1.82, 2.24) is 0 Å². The van der Waals surface area contributed by atoms with Crippen LogP contribution in [-0.2, 0) is 0 Å². The fourth-order valence-corrected chi connectivity index (χ4v) is 1.84. The molecule has 0 saturated carbocycles. The standard InChI is InChI=1S/C15H9F5N2O4.Na.H/c16-14(17,18)15(19,20)26-10-5-3-4-9(8-10)13(23)21-11-6-1-2-7-12(11)22(24)25;;/h1-8H,(H,21,23);;. The van der Waals surface area contributed by atoms with Crippen molar-refractivity contribution in [2.45, 2.75) is 12.3 Å². The summed E-state index contributed by atoms with van der Waals surface area (Å²) in [4.78, 5) is 22.2. The third-order valence-electron chi connectivity index (χ3n) is 3.02. The monoisotopic (exact) mass is 400 g/mol. The van der Waals surface area contributed by atoms with Crippen LogP contribution in [0.15, 0.2) is 48.5 Å². The van der Waals surface area contributed by atoms with Gasteiger partial charge in [0.15, 0.2) is 0 Å². The molecule has 0 unspecified atom stereocenters. The molecule has 12 heteroatoms. The molecule has 0 aromatic heterocycles. The molecule has 0 radical (unpaired) electrons. The van der Waals surface area contributed by atoms with Crippen molar-refractivity contribution in [1.29, 1.82) is 0 Å². The quantitative estimate of drug-likeness (QED) is 0.359. The van der Waals surface area contributed by atoms with E-state index in [2.05, 4.69) is 10.1 Å². The molecular weight excluding hydrogens is 390 g/mol. The fraction of sp³-hybridized carbons (Fsp3) is 0.133. The fourth-order valence-electron chi connectivity index (χ4n) is 1.84. The average molecular weight is 400 g/mol. The van der Waals surface area contributed by atoms with Gasteiger partial charge in [0.25, 0.3) is 11.6 Å². The Morgan fingerprint density at radius 3 is 2.26 bits per heavy atom. The Hall–Kier alpha value is -2.24. The van der Waals surface area contributed by atoms with Crippen LogP contribution in [0.2, 0.25) is 0 Å². The van der Waals surface area contributed by atoms with E-state index in [0.29, 0.717) is 6.07 Å². The van der Waals surface area contributed by atoms with Gasteiger partial charge >= 0.3 is 41.8 Å². The predicted octanol–water partition coefficient (Wildman–Crippen LogP) is 3.73. The third kappa shape index (κ3) is 5.62. The molecule has 0 spiro atoms. The Kier molecular flexibility index (Phi) is 7.29. The van der Waals surface area contributed by atoms with Gasteiger partial charge in [0.05, 0.1) is 4.92 Å². The number of amides is 1. The summed E-state index contributed by atoms with van der Waals surface area (Å²) in [7, 11) is 0. The Morgan fingerprint density at radius 2 is 1.67 bits per heavy atom. The van der Waals surface area contributed by atoms with Gasteiger partial charge in [-0.25, -0.2) is 0 Å². The Bertz CT molecular complexity index is 845. The Labute approximate surface area is 170 Å². The van der Waals surface area contributed by atoms with Crippen LogP contribution in [0, 0.1) is 10.1 Å². The van der Waals surface area contributed by atoms with Crippen molar-refractivity contribution in [3.63, 3.8) is 0 Å². The number of hydrogen-bond donors (Lipinski definition) is 1. The summed E-state index contributed by atoms with van der Waals surface area (Å²) in [5.41, 5.74) is -0.926. The number of anilines is 1. The van der Waals surface area contributed by atoms with Gasteiger partial charge in [0.1, 0.15) is 11.4 Å². The van der Waals surface area contributed by atoms with E-state index in [9.17, 15) is 36.9 Å². The van der Waals surface area contributed by atoms with Crippen LogP contribution in [0.5, 0.6) is 5.75 Å². The Balaban J connectivity index is 0.00000364. The number of nitro groups is 1. The number of benzene rings is 2. The van der Waals surface area contributed by atoms with Crippen molar-refractivity contribution in [2.75, 3.05) is 5.32 Å². The Morgan fingerprint density at radius 1 is 1.04 bits per heavy atom. The van der Waals surface area contributed by atoms with Crippen LogP contribution in [0.1, 0.15) is 10.4 Å². The van der Waals surface area contributed by atoms with E-state index in [0.717, 1.165) is 24.3 Å². The van der Waals surface area contributed by atoms with Crippen molar-refractivity contribution < 1.29 is 36.4 Å². The molecule has 0 aliphatic rings. The molecule has 0 aliphatic heterocycles. The first kappa shape index (κ1) is 22.8. The number of rotatable bonds is 5. The number of nitrogens with zero attached hydrogens (tertiary/aromatic N) is 1. The second-order valence-electron chi connectivity index (χ2n) is 4.87. The van der Waals surface area contributed by atoms with Crippen LogP contribution >= 0.6 is 0 Å². The van der Waals surface area contributed by atoms with Crippen LogP contribution in [0.3, 0.4) is 0 Å². The van der Waals surface area contributed by atoms with Crippen LogP contribution in [-0.4, -0.2) is 52.7 Å². The molecule has 0 saturated heterocycles. The maximum atomic E-state index is 12.9. The molecular formula is C15H10F5N2NaO4. The SMILES string of the molecule is O=C(Nc1ccccc1[N+](=O)[O-])c1cccc(OC(F)(F)C(F)(F)F)c1.[NaH]. The first-order valence-electron chi connectivity index (χ1n) is 6.79. The molecule has 2 rings (SSSR count). The van der Waals surface area contributed by atoms with E-state index in [1.54, 1.807) is 0 Å². The summed E-state index contributed by atoms with van der Waals surface area (Å²) in [6.45, 7) is 0. The number of halogens is 5. The molecule has 2 aromatic rings. The molecule has 1 amide bonds. The van der Waals surface area contributed by atoms with E-state index in [4.69, 9.17) is 0 Å². The zero-order valence-corrected chi connectivity index (χ0v) is 12.6. The van der Waals surface area contributed by atoms with E-state index in [1.165, 1.54) is 18.2 Å². The number of carbonyl (C=O) groups excluding carboxylic acids is 1. The number of alkyl halides is 5. The second-order valence-corrected chi connectivity index (χ2v) is 4.87. The predicted molar refractivity (Wildman–Crippen MR) is 86.3 cm³/mol. The second kappa shape index (κ2) is 8.63. The van der Waals surface area contributed by atoms with Crippen molar-refractivity contribution in [3.8, 4) is 5.75 Å². The summed E-state index contributed by atoms with van der Waals surface area (Å²) < 4.78 is 66.0. The molecule has 6 nitrogen and oxygen atoms in total. The zero-order chi connectivity index (χ0) is 19.5. The van der Waals surface area contributed by atoms with Crippen LogP contribution < -0.4 is 10.1 Å². The summed E-state index contributed by atoms with van der Waals surface area (Å²) in [6, 6.07) is 8.73. The first-order valence-corrected chi connectivity index (χ1v) is 6.79. The number of nitrogens with one attached hydrogen (secondary N) is 1. The van der Waals surface area contributed by atoms with Crippen molar-refractivity contribution >= 4 is 46.8 Å². The van der Waals surface area contributed by atoms with E-state index < -0.39 is 34.6 Å². The molecule has 140 valence electrons. The number of nitro benzene ring substituents is 1. The molecule has 0 fully saturated rings. The first-order chi connectivity index (χ1) is 12.0. The van der Waals surface area contributed by atoms with Gasteiger partial charge in [-0.2, -0.15) is 22.0 Å². The van der Waals surface area contributed by atoms with Crippen molar-refractivity contribution in [2.24, 2.45) is 0 Å². The molecule has 0 atom stereocenters. The molecule has 0 bridgehead atoms. The summed E-state index contributed by atoms with van der Waals surface area (Å²) in [5, 5.41) is 13.1. The van der Waals surface area contributed by atoms with Crippen molar-refractivity contribution in [3.05, 3.63) is 64.2 Å². The molecule has 2 aromatic carbocycles. The normalized spacial score (nSPS) is 11.3. The van der Waals surface area contributed by atoms with Crippen LogP contribution in [0.4, 0.5) is 33.3 Å². The van der Waals surface area contributed by atoms with Gasteiger partial charge < -0.3 is 10.1 Å². The van der Waals surface area contributed by atoms with Gasteiger partial charge in [0.2, 0.25) is 0 Å². The molecule has 1 N–H and O–H groups in total. The number of ether oxygens (including phenoxy) is 1. The van der Waals surface area contributed by atoms with E-state index >= 15 is 0 Å². The van der Waals surface area contributed by atoms with Gasteiger partial charge in [-0.3, -0.25) is 14.9 Å². The van der Waals surface area contributed by atoms with Gasteiger partial charge in [-0.15, -0.1) is 0 Å². The zero-order valence-electron chi connectivity index (χ0n) is 12.6. The number of hydrogen-bond acceptors (Lipinski definition) is 4. The number of para-hydroxylation sites is 2. The van der Waals surface area contributed by atoms with Gasteiger partial charge in [-0.1, -0.05) is 18.2 Å². The molecule has 27 heavy (non-hydrogen) atoms. The third-order valence-corrected chi connectivity index (χ3v) is 3.02. The van der Waals surface area contributed by atoms with E-state index in [1.807, 2.05) is 0 Å². The topological polar surface area (TPSA) is 81.5 Å². The van der Waals surface area contributed by atoms with Gasteiger partial charge in [0, 0.05) is 11.6 Å². The number of carbonyl (C=O) groups is 1.